The van der Waals surface area contributed by atoms with Crippen molar-refractivity contribution in [3.63, 3.8) is 0 Å². The van der Waals surface area contributed by atoms with Gasteiger partial charge in [-0.2, -0.15) is 0 Å². The van der Waals surface area contributed by atoms with Gasteiger partial charge in [-0.25, -0.2) is 0 Å². The van der Waals surface area contributed by atoms with E-state index in [9.17, 15) is 0 Å². The molecule has 1 aliphatic heterocycles. The number of hydrogen-bond donors (Lipinski definition) is 1. The van der Waals surface area contributed by atoms with Crippen molar-refractivity contribution >= 4 is 0 Å². The molecule has 116 valence electrons. The van der Waals surface area contributed by atoms with E-state index in [4.69, 9.17) is 5.73 Å². The standard InChI is InChI=1S/C20H26N2/c21-12-9-17-5-4-6-18(15-17)16-22-13-10-20(11-14-22)19-7-2-1-3-8-19/h1-8,15,20H,9-14,16,21H2. The lowest BCUT2D eigenvalue weighted by molar-refractivity contribution is 0.204. The predicted molar refractivity (Wildman–Crippen MR) is 92.9 cm³/mol. The molecule has 2 heteroatoms. The van der Waals surface area contributed by atoms with Gasteiger partial charge in [0.1, 0.15) is 0 Å². The third kappa shape index (κ3) is 3.96. The largest absolute Gasteiger partial charge is 0.330 e. The second kappa shape index (κ2) is 7.57. The van der Waals surface area contributed by atoms with E-state index in [1.54, 1.807) is 0 Å². The van der Waals surface area contributed by atoms with Gasteiger partial charge in [-0.05, 0) is 61.5 Å². The van der Waals surface area contributed by atoms with Crippen LogP contribution in [-0.4, -0.2) is 24.5 Å². The zero-order valence-electron chi connectivity index (χ0n) is 13.2. The van der Waals surface area contributed by atoms with Crippen LogP contribution >= 0.6 is 0 Å². The minimum Gasteiger partial charge on any atom is -0.330 e. The Morgan fingerprint density at radius 3 is 2.36 bits per heavy atom. The molecule has 2 nitrogen and oxygen atoms in total. The molecule has 0 aromatic heterocycles. The fourth-order valence-electron chi connectivity index (χ4n) is 3.46. The van der Waals surface area contributed by atoms with Crippen LogP contribution in [0.5, 0.6) is 0 Å². The van der Waals surface area contributed by atoms with Crippen molar-refractivity contribution in [3.05, 3.63) is 71.3 Å². The maximum atomic E-state index is 5.66. The zero-order valence-corrected chi connectivity index (χ0v) is 13.2. The van der Waals surface area contributed by atoms with Crippen molar-refractivity contribution in [2.75, 3.05) is 19.6 Å². The minimum atomic E-state index is 0.728. The van der Waals surface area contributed by atoms with Gasteiger partial charge in [0.15, 0.2) is 0 Å². The molecular formula is C20H26N2. The summed E-state index contributed by atoms with van der Waals surface area (Å²) in [5, 5.41) is 0. The smallest absolute Gasteiger partial charge is 0.0233 e. The second-order valence-electron chi connectivity index (χ2n) is 6.32. The fourth-order valence-corrected chi connectivity index (χ4v) is 3.46. The van der Waals surface area contributed by atoms with E-state index in [-0.39, 0.29) is 0 Å². The lowest BCUT2D eigenvalue weighted by Gasteiger charge is -2.32. The number of hydrogen-bond acceptors (Lipinski definition) is 2. The summed E-state index contributed by atoms with van der Waals surface area (Å²) in [6.07, 6.45) is 3.52. The molecule has 0 radical (unpaired) electrons. The second-order valence-corrected chi connectivity index (χ2v) is 6.32. The fraction of sp³-hybridized carbons (Fsp3) is 0.400. The van der Waals surface area contributed by atoms with Gasteiger partial charge in [-0.3, -0.25) is 4.90 Å². The first-order chi connectivity index (χ1) is 10.8. The molecule has 3 rings (SSSR count). The molecule has 2 aromatic carbocycles. The van der Waals surface area contributed by atoms with E-state index in [1.807, 2.05) is 0 Å². The molecule has 22 heavy (non-hydrogen) atoms. The van der Waals surface area contributed by atoms with E-state index in [0.717, 1.165) is 25.4 Å². The quantitative estimate of drug-likeness (QED) is 0.913. The van der Waals surface area contributed by atoms with Crippen LogP contribution in [0.4, 0.5) is 0 Å². The minimum absolute atomic E-state index is 0.728. The number of nitrogens with zero attached hydrogens (tertiary/aromatic N) is 1. The van der Waals surface area contributed by atoms with Crippen LogP contribution < -0.4 is 5.73 Å². The number of benzene rings is 2. The van der Waals surface area contributed by atoms with Crippen molar-refractivity contribution in [3.8, 4) is 0 Å². The first-order valence-corrected chi connectivity index (χ1v) is 8.40. The maximum Gasteiger partial charge on any atom is 0.0233 e. The predicted octanol–water partition coefficient (Wildman–Crippen LogP) is 3.57. The molecule has 1 saturated heterocycles. The topological polar surface area (TPSA) is 29.3 Å². The molecule has 0 amide bonds. The van der Waals surface area contributed by atoms with Crippen molar-refractivity contribution in [1.29, 1.82) is 0 Å². The molecule has 2 N–H and O–H groups in total. The van der Waals surface area contributed by atoms with Gasteiger partial charge in [0.2, 0.25) is 0 Å². The van der Waals surface area contributed by atoms with E-state index < -0.39 is 0 Å². The lowest BCUT2D eigenvalue weighted by atomic mass is 9.89. The highest BCUT2D eigenvalue weighted by Crippen LogP contribution is 2.28. The summed E-state index contributed by atoms with van der Waals surface area (Å²) in [6, 6.07) is 19.9. The summed E-state index contributed by atoms with van der Waals surface area (Å²) in [5.74, 6) is 0.737. The molecule has 1 aliphatic rings. The Morgan fingerprint density at radius 1 is 0.909 bits per heavy atom. The number of nitrogens with two attached hydrogens (primary N) is 1. The summed E-state index contributed by atoms with van der Waals surface area (Å²) in [7, 11) is 0. The highest BCUT2D eigenvalue weighted by Gasteiger charge is 2.20. The van der Waals surface area contributed by atoms with Crippen LogP contribution in [0, 0.1) is 0 Å². The van der Waals surface area contributed by atoms with Crippen LogP contribution in [0.2, 0.25) is 0 Å². The van der Waals surface area contributed by atoms with Crippen LogP contribution in [0.15, 0.2) is 54.6 Å². The molecule has 1 fully saturated rings. The highest BCUT2D eigenvalue weighted by molar-refractivity contribution is 5.24. The monoisotopic (exact) mass is 294 g/mol. The van der Waals surface area contributed by atoms with Crippen molar-refractivity contribution in [2.24, 2.45) is 5.73 Å². The molecule has 0 bridgehead atoms. The summed E-state index contributed by atoms with van der Waals surface area (Å²) in [5.41, 5.74) is 9.94. The van der Waals surface area contributed by atoms with Crippen LogP contribution in [0.25, 0.3) is 0 Å². The Balaban J connectivity index is 1.55. The van der Waals surface area contributed by atoms with Gasteiger partial charge in [-0.15, -0.1) is 0 Å². The highest BCUT2D eigenvalue weighted by atomic mass is 15.1. The molecular weight excluding hydrogens is 268 g/mol. The van der Waals surface area contributed by atoms with Crippen molar-refractivity contribution in [1.82, 2.24) is 4.90 Å². The number of piperidine rings is 1. The first-order valence-electron chi connectivity index (χ1n) is 8.40. The zero-order chi connectivity index (χ0) is 15.2. The van der Waals surface area contributed by atoms with E-state index in [2.05, 4.69) is 59.5 Å². The van der Waals surface area contributed by atoms with Crippen LogP contribution in [0.3, 0.4) is 0 Å². The van der Waals surface area contributed by atoms with Crippen molar-refractivity contribution in [2.45, 2.75) is 31.7 Å². The number of likely N-dealkylation sites (tertiary alicyclic amines) is 1. The van der Waals surface area contributed by atoms with E-state index in [0.29, 0.717) is 0 Å². The van der Waals surface area contributed by atoms with Gasteiger partial charge in [-0.1, -0.05) is 54.6 Å². The van der Waals surface area contributed by atoms with E-state index >= 15 is 0 Å². The summed E-state index contributed by atoms with van der Waals surface area (Å²) in [4.78, 5) is 2.58. The molecule has 0 aliphatic carbocycles. The van der Waals surface area contributed by atoms with Gasteiger partial charge in [0.05, 0.1) is 0 Å². The van der Waals surface area contributed by atoms with Gasteiger partial charge >= 0.3 is 0 Å². The van der Waals surface area contributed by atoms with Gasteiger partial charge in [0.25, 0.3) is 0 Å². The Morgan fingerprint density at radius 2 is 1.64 bits per heavy atom. The maximum absolute atomic E-state index is 5.66. The van der Waals surface area contributed by atoms with Crippen LogP contribution in [0.1, 0.15) is 35.4 Å². The summed E-state index contributed by atoms with van der Waals surface area (Å²) >= 11 is 0. The first kappa shape index (κ1) is 15.3. The van der Waals surface area contributed by atoms with Gasteiger partial charge in [0, 0.05) is 6.54 Å². The molecule has 2 aromatic rings. The molecule has 0 saturated carbocycles. The lowest BCUT2D eigenvalue weighted by Crippen LogP contribution is -2.32. The Bertz CT molecular complexity index is 571. The summed E-state index contributed by atoms with van der Waals surface area (Å²) < 4.78 is 0. The summed E-state index contributed by atoms with van der Waals surface area (Å²) in [6.45, 7) is 4.19. The molecule has 0 spiro atoms. The molecule has 1 heterocycles. The average Bonchev–Trinajstić information content (AvgIpc) is 2.57. The normalized spacial score (nSPS) is 16.8. The van der Waals surface area contributed by atoms with Crippen LogP contribution in [-0.2, 0) is 13.0 Å². The SMILES string of the molecule is NCCc1cccc(CN2CCC(c3ccccc3)CC2)c1. The van der Waals surface area contributed by atoms with Gasteiger partial charge < -0.3 is 5.73 Å². The third-order valence-electron chi connectivity index (χ3n) is 4.69. The Labute approximate surface area is 134 Å². The third-order valence-corrected chi connectivity index (χ3v) is 4.69. The van der Waals surface area contributed by atoms with Crippen molar-refractivity contribution < 1.29 is 0 Å². The molecule has 0 unspecified atom stereocenters. The molecule has 0 atom stereocenters. The Hall–Kier alpha value is -1.64. The Kier molecular flexibility index (Phi) is 5.25. The van der Waals surface area contributed by atoms with E-state index in [1.165, 1.54) is 42.6 Å². The average molecular weight is 294 g/mol. The number of rotatable bonds is 5.